The molecule has 19 heavy (non-hydrogen) atoms. The first-order valence-electron chi connectivity index (χ1n) is 5.77. The molecule has 0 saturated heterocycles. The Bertz CT molecular complexity index is 634. The summed E-state index contributed by atoms with van der Waals surface area (Å²) in [4.78, 5) is 25.6. The van der Waals surface area contributed by atoms with Crippen molar-refractivity contribution >= 4 is 11.6 Å². The van der Waals surface area contributed by atoms with Crippen LogP contribution in [0, 0.1) is 0 Å². The summed E-state index contributed by atoms with van der Waals surface area (Å²) >= 11 is 0. The van der Waals surface area contributed by atoms with Gasteiger partial charge in [0.2, 0.25) is 5.56 Å². The van der Waals surface area contributed by atoms with Gasteiger partial charge in [0.1, 0.15) is 0 Å². The Kier molecular flexibility index (Phi) is 4.10. The number of pyridine rings is 1. The van der Waals surface area contributed by atoms with E-state index in [1.165, 1.54) is 12.3 Å². The number of H-pyrrole nitrogens is 1. The van der Waals surface area contributed by atoms with Crippen LogP contribution in [0.5, 0.6) is 0 Å². The minimum absolute atomic E-state index is 0.308. The van der Waals surface area contributed by atoms with Gasteiger partial charge in [-0.05, 0) is 12.1 Å². The van der Waals surface area contributed by atoms with Crippen LogP contribution < -0.4 is 10.9 Å². The zero-order valence-electron chi connectivity index (χ0n) is 10.5. The zero-order valence-corrected chi connectivity index (χ0v) is 10.5. The summed E-state index contributed by atoms with van der Waals surface area (Å²) in [5, 5.41) is 2.77. The molecule has 1 aromatic heterocycles. The normalized spacial score (nSPS) is 10.2. The van der Waals surface area contributed by atoms with Gasteiger partial charge in [-0.2, -0.15) is 0 Å². The Hall–Kier alpha value is -2.40. The van der Waals surface area contributed by atoms with Crippen LogP contribution in [0.4, 0.5) is 5.69 Å². The lowest BCUT2D eigenvalue weighted by atomic mass is 10.1. The highest BCUT2D eigenvalue weighted by molar-refractivity contribution is 6.04. The van der Waals surface area contributed by atoms with E-state index < -0.39 is 0 Å². The second-order valence-corrected chi connectivity index (χ2v) is 3.99. The van der Waals surface area contributed by atoms with Gasteiger partial charge in [0.25, 0.3) is 5.91 Å². The molecule has 5 nitrogen and oxygen atoms in total. The van der Waals surface area contributed by atoms with Crippen LogP contribution in [0.25, 0.3) is 0 Å². The van der Waals surface area contributed by atoms with E-state index in [9.17, 15) is 9.59 Å². The highest BCUT2D eigenvalue weighted by atomic mass is 16.5. The number of benzene rings is 1. The van der Waals surface area contributed by atoms with Crippen LogP contribution in [0.1, 0.15) is 15.9 Å². The molecule has 0 atom stereocenters. The Balaban J connectivity index is 2.21. The van der Waals surface area contributed by atoms with E-state index in [1.807, 2.05) is 18.2 Å². The van der Waals surface area contributed by atoms with Crippen LogP contribution in [0.2, 0.25) is 0 Å². The summed E-state index contributed by atoms with van der Waals surface area (Å²) < 4.78 is 5.07. The second-order valence-electron chi connectivity index (χ2n) is 3.99. The highest BCUT2D eigenvalue weighted by Crippen LogP contribution is 2.16. The molecule has 1 amide bonds. The molecule has 2 rings (SSSR count). The molecular weight excluding hydrogens is 244 g/mol. The molecule has 0 radical (unpaired) electrons. The van der Waals surface area contributed by atoms with Crippen molar-refractivity contribution in [3.63, 3.8) is 0 Å². The number of carbonyl (C=O) groups is 1. The molecule has 2 aromatic rings. The molecule has 98 valence electrons. The highest BCUT2D eigenvalue weighted by Gasteiger charge is 2.09. The molecule has 0 bridgehead atoms. The average molecular weight is 258 g/mol. The van der Waals surface area contributed by atoms with Crippen LogP contribution in [0.3, 0.4) is 0 Å². The maximum absolute atomic E-state index is 12.0. The molecule has 1 heterocycles. The second kappa shape index (κ2) is 5.97. The molecule has 1 aromatic carbocycles. The maximum Gasteiger partial charge on any atom is 0.255 e. The quantitative estimate of drug-likeness (QED) is 0.878. The van der Waals surface area contributed by atoms with Gasteiger partial charge < -0.3 is 15.0 Å². The van der Waals surface area contributed by atoms with E-state index in [0.717, 1.165) is 5.56 Å². The predicted octanol–water partition coefficient (Wildman–Crippen LogP) is 1.77. The third-order valence-corrected chi connectivity index (χ3v) is 2.60. The predicted molar refractivity (Wildman–Crippen MR) is 72.2 cm³/mol. The van der Waals surface area contributed by atoms with Gasteiger partial charge >= 0.3 is 0 Å². The van der Waals surface area contributed by atoms with Gasteiger partial charge in [0, 0.05) is 36.2 Å². The fourth-order valence-electron chi connectivity index (χ4n) is 1.70. The van der Waals surface area contributed by atoms with E-state index >= 15 is 0 Å². The Morgan fingerprint density at radius 1 is 1.32 bits per heavy atom. The number of ether oxygens (including phenoxy) is 1. The lowest BCUT2D eigenvalue weighted by Gasteiger charge is -2.10. The molecular formula is C14H14N2O3. The molecule has 0 aliphatic heterocycles. The largest absolute Gasteiger partial charge is 0.380 e. The van der Waals surface area contributed by atoms with Gasteiger partial charge in [-0.15, -0.1) is 0 Å². The molecule has 0 saturated carbocycles. The first-order valence-corrected chi connectivity index (χ1v) is 5.77. The van der Waals surface area contributed by atoms with E-state index in [2.05, 4.69) is 10.3 Å². The number of para-hydroxylation sites is 1. The summed E-state index contributed by atoms with van der Waals surface area (Å²) in [6.07, 6.45) is 1.44. The minimum atomic E-state index is -0.324. The fourth-order valence-corrected chi connectivity index (χ4v) is 1.70. The standard InChI is InChI=1S/C14H14N2O3/c1-19-9-11-4-2-3-5-12(11)16-14(18)10-6-7-15-13(17)8-10/h2-8H,9H2,1H3,(H,15,17)(H,16,18). The van der Waals surface area contributed by atoms with Gasteiger partial charge in [-0.1, -0.05) is 18.2 Å². The maximum atomic E-state index is 12.0. The summed E-state index contributed by atoms with van der Waals surface area (Å²) in [6.45, 7) is 0.409. The molecule has 0 unspecified atom stereocenters. The number of rotatable bonds is 4. The van der Waals surface area contributed by atoms with Crippen LogP contribution in [-0.4, -0.2) is 18.0 Å². The van der Waals surface area contributed by atoms with Crippen molar-refractivity contribution in [3.8, 4) is 0 Å². The molecule has 0 spiro atoms. The smallest absolute Gasteiger partial charge is 0.255 e. The van der Waals surface area contributed by atoms with Crippen molar-refractivity contribution in [1.29, 1.82) is 0 Å². The van der Waals surface area contributed by atoms with Crippen LogP contribution >= 0.6 is 0 Å². The number of anilines is 1. The summed E-state index contributed by atoms with van der Waals surface area (Å²) in [5.41, 5.74) is 1.56. The Morgan fingerprint density at radius 2 is 2.11 bits per heavy atom. The monoisotopic (exact) mass is 258 g/mol. The Labute approximate surface area is 110 Å². The zero-order chi connectivity index (χ0) is 13.7. The summed E-state index contributed by atoms with van der Waals surface area (Å²) in [5.74, 6) is -0.324. The van der Waals surface area contributed by atoms with Gasteiger partial charge in [-0.3, -0.25) is 9.59 Å². The Morgan fingerprint density at radius 3 is 2.84 bits per heavy atom. The minimum Gasteiger partial charge on any atom is -0.380 e. The first-order chi connectivity index (χ1) is 9.20. The van der Waals surface area contributed by atoms with Crippen molar-refractivity contribution < 1.29 is 9.53 Å². The van der Waals surface area contributed by atoms with E-state index in [4.69, 9.17) is 4.74 Å². The van der Waals surface area contributed by atoms with Crippen molar-refractivity contribution in [1.82, 2.24) is 4.98 Å². The van der Waals surface area contributed by atoms with Crippen molar-refractivity contribution in [3.05, 3.63) is 64.1 Å². The van der Waals surface area contributed by atoms with Crippen molar-refractivity contribution in [2.75, 3.05) is 12.4 Å². The van der Waals surface area contributed by atoms with E-state index in [1.54, 1.807) is 19.2 Å². The molecule has 0 aliphatic carbocycles. The number of nitrogens with one attached hydrogen (secondary N) is 2. The summed E-state index contributed by atoms with van der Waals surface area (Å²) in [7, 11) is 1.59. The van der Waals surface area contributed by atoms with Gasteiger partial charge in [0.05, 0.1) is 6.61 Å². The summed E-state index contributed by atoms with van der Waals surface area (Å²) in [6, 6.07) is 10.2. The average Bonchev–Trinajstić information content (AvgIpc) is 2.41. The SMILES string of the molecule is COCc1ccccc1NC(=O)c1cc[nH]c(=O)c1. The molecule has 0 aliphatic rings. The van der Waals surface area contributed by atoms with Crippen LogP contribution in [-0.2, 0) is 11.3 Å². The van der Waals surface area contributed by atoms with E-state index in [-0.39, 0.29) is 11.5 Å². The lowest BCUT2D eigenvalue weighted by molar-refractivity contribution is 0.102. The number of methoxy groups -OCH3 is 1. The third kappa shape index (κ3) is 3.29. The van der Waals surface area contributed by atoms with Crippen molar-refractivity contribution in [2.45, 2.75) is 6.61 Å². The van der Waals surface area contributed by atoms with Crippen LogP contribution in [0.15, 0.2) is 47.4 Å². The number of carbonyl (C=O) groups excluding carboxylic acids is 1. The molecule has 5 heteroatoms. The van der Waals surface area contributed by atoms with Gasteiger partial charge in [0.15, 0.2) is 0 Å². The number of hydrogen-bond donors (Lipinski definition) is 2. The molecule has 0 fully saturated rings. The number of hydrogen-bond acceptors (Lipinski definition) is 3. The fraction of sp³-hybridized carbons (Fsp3) is 0.143. The lowest BCUT2D eigenvalue weighted by Crippen LogP contribution is -2.16. The molecule has 2 N–H and O–H groups in total. The number of aromatic nitrogens is 1. The number of aromatic amines is 1. The number of amides is 1. The van der Waals surface area contributed by atoms with Gasteiger partial charge in [-0.25, -0.2) is 0 Å². The third-order valence-electron chi connectivity index (χ3n) is 2.60. The van der Waals surface area contributed by atoms with Crippen molar-refractivity contribution in [2.24, 2.45) is 0 Å². The van der Waals surface area contributed by atoms with E-state index in [0.29, 0.717) is 17.9 Å². The topological polar surface area (TPSA) is 71.2 Å². The first kappa shape index (κ1) is 13.0.